The molecular weight excluding hydrogens is 148 g/mol. The average Bonchev–Trinajstić information content (AvgIpc) is 1.87. The van der Waals surface area contributed by atoms with Gasteiger partial charge < -0.3 is 10.2 Å². The van der Waals surface area contributed by atoms with Crippen LogP contribution in [0.2, 0.25) is 0 Å². The average molecular weight is 156 g/mol. The second-order valence-corrected chi connectivity index (χ2v) is 1.78. The molecule has 0 bridgehead atoms. The highest BCUT2D eigenvalue weighted by Crippen LogP contribution is 1.97. The smallest absolute Gasteiger partial charge is 0.322 e. The fraction of sp³-hybridized carbons (Fsp3) is 0.286. The Morgan fingerprint density at radius 3 is 2.09 bits per heavy atom. The highest BCUT2D eigenvalue weighted by Gasteiger charge is 2.21. The molecule has 4 heteroatoms. The van der Waals surface area contributed by atoms with Gasteiger partial charge in [-0.15, -0.1) is 5.73 Å². The Bertz CT molecular complexity index is 209. The molecule has 0 radical (unpaired) electrons. The molecule has 0 fully saturated rings. The summed E-state index contributed by atoms with van der Waals surface area (Å²) in [7, 11) is 0. The maximum atomic E-state index is 10.2. The van der Waals surface area contributed by atoms with Crippen LogP contribution >= 0.6 is 0 Å². The summed E-state index contributed by atoms with van der Waals surface area (Å²) in [6.45, 7) is 1.62. The first-order valence-electron chi connectivity index (χ1n) is 2.92. The topological polar surface area (TPSA) is 74.6 Å². The van der Waals surface area contributed by atoms with E-state index in [0.29, 0.717) is 0 Å². The van der Waals surface area contributed by atoms with Crippen molar-refractivity contribution in [2.75, 3.05) is 0 Å². The molecule has 60 valence electrons. The first kappa shape index (κ1) is 9.46. The van der Waals surface area contributed by atoms with Gasteiger partial charge in [-0.3, -0.25) is 9.59 Å². The quantitative estimate of drug-likeness (QED) is 0.461. The van der Waals surface area contributed by atoms with E-state index in [1.165, 1.54) is 6.08 Å². The molecule has 0 aliphatic rings. The molecule has 0 saturated carbocycles. The van der Waals surface area contributed by atoms with Gasteiger partial charge in [0.05, 0.1) is 0 Å². The standard InChI is InChI=1S/C7H8O4/c1-2-3-4-5(6(8)9)7(10)11/h2,4-5H,1H3,(H,8,9)(H,10,11). The lowest BCUT2D eigenvalue weighted by molar-refractivity contribution is -0.151. The van der Waals surface area contributed by atoms with Crippen LogP contribution in [0.5, 0.6) is 0 Å². The molecule has 0 amide bonds. The van der Waals surface area contributed by atoms with Gasteiger partial charge in [0.1, 0.15) is 0 Å². The number of hydrogen-bond acceptors (Lipinski definition) is 2. The third-order valence-corrected chi connectivity index (χ3v) is 0.962. The second-order valence-electron chi connectivity index (χ2n) is 1.78. The predicted octanol–water partition coefficient (Wildman–Crippen LogP) is 0.503. The van der Waals surface area contributed by atoms with E-state index in [2.05, 4.69) is 5.73 Å². The molecule has 11 heavy (non-hydrogen) atoms. The van der Waals surface area contributed by atoms with Crippen molar-refractivity contribution in [1.82, 2.24) is 0 Å². The lowest BCUT2D eigenvalue weighted by Crippen LogP contribution is -2.20. The van der Waals surface area contributed by atoms with Crippen molar-refractivity contribution in [3.05, 3.63) is 17.9 Å². The maximum absolute atomic E-state index is 10.2. The minimum Gasteiger partial charge on any atom is -0.480 e. The van der Waals surface area contributed by atoms with E-state index in [1.807, 2.05) is 0 Å². The summed E-state index contributed by atoms with van der Waals surface area (Å²) < 4.78 is 0. The molecule has 0 aromatic rings. The van der Waals surface area contributed by atoms with Crippen LogP contribution in [0.3, 0.4) is 0 Å². The van der Waals surface area contributed by atoms with Crippen LogP contribution in [0.4, 0.5) is 0 Å². The Kier molecular flexibility index (Phi) is 3.70. The Hall–Kier alpha value is -1.54. The normalized spacial score (nSPS) is 8.55. The van der Waals surface area contributed by atoms with Crippen molar-refractivity contribution in [2.45, 2.75) is 6.92 Å². The van der Waals surface area contributed by atoms with Crippen LogP contribution in [0.25, 0.3) is 0 Å². The molecule has 0 spiro atoms. The van der Waals surface area contributed by atoms with Crippen molar-refractivity contribution >= 4 is 11.9 Å². The fourth-order valence-corrected chi connectivity index (χ4v) is 0.441. The molecule has 0 aliphatic heterocycles. The van der Waals surface area contributed by atoms with E-state index in [0.717, 1.165) is 6.08 Å². The Morgan fingerprint density at radius 1 is 1.36 bits per heavy atom. The molecule has 0 unspecified atom stereocenters. The highest BCUT2D eigenvalue weighted by atomic mass is 16.4. The molecule has 2 N–H and O–H groups in total. The lowest BCUT2D eigenvalue weighted by atomic mass is 10.1. The number of carboxylic acid groups (broad SMARTS) is 2. The van der Waals surface area contributed by atoms with Gasteiger partial charge in [-0.25, -0.2) is 0 Å². The van der Waals surface area contributed by atoms with Crippen LogP contribution in [-0.2, 0) is 9.59 Å². The van der Waals surface area contributed by atoms with Crippen molar-refractivity contribution in [3.8, 4) is 0 Å². The number of hydrogen-bond donors (Lipinski definition) is 2. The highest BCUT2D eigenvalue weighted by molar-refractivity contribution is 5.94. The van der Waals surface area contributed by atoms with E-state index in [4.69, 9.17) is 10.2 Å². The lowest BCUT2D eigenvalue weighted by Gasteiger charge is -1.96. The van der Waals surface area contributed by atoms with Crippen LogP contribution in [0.1, 0.15) is 6.92 Å². The molecule has 0 rings (SSSR count). The summed E-state index contributed by atoms with van der Waals surface area (Å²) in [6, 6.07) is 0. The molecular formula is C7H8O4. The third-order valence-electron chi connectivity index (χ3n) is 0.962. The largest absolute Gasteiger partial charge is 0.480 e. The van der Waals surface area contributed by atoms with Crippen LogP contribution in [-0.4, -0.2) is 22.2 Å². The molecule has 0 saturated heterocycles. The van der Waals surface area contributed by atoms with E-state index in [-0.39, 0.29) is 0 Å². The summed E-state index contributed by atoms with van der Waals surface area (Å²) in [5.41, 5.74) is 2.40. The summed E-state index contributed by atoms with van der Waals surface area (Å²) in [5, 5.41) is 16.6. The third kappa shape index (κ3) is 3.23. The van der Waals surface area contributed by atoms with Gasteiger partial charge in [0.2, 0.25) is 0 Å². The molecule has 0 aliphatic carbocycles. The van der Waals surface area contributed by atoms with Gasteiger partial charge in [0.25, 0.3) is 0 Å². The van der Waals surface area contributed by atoms with Gasteiger partial charge in [0, 0.05) is 0 Å². The zero-order valence-electron chi connectivity index (χ0n) is 5.94. The van der Waals surface area contributed by atoms with E-state index in [1.54, 1.807) is 6.92 Å². The van der Waals surface area contributed by atoms with Crippen LogP contribution < -0.4 is 0 Å². The van der Waals surface area contributed by atoms with Crippen LogP contribution in [0, 0.1) is 5.92 Å². The Labute approximate surface area is 63.5 Å². The van der Waals surface area contributed by atoms with Crippen molar-refractivity contribution in [3.63, 3.8) is 0 Å². The van der Waals surface area contributed by atoms with Gasteiger partial charge in [0.15, 0.2) is 5.92 Å². The monoisotopic (exact) mass is 156 g/mol. The van der Waals surface area contributed by atoms with E-state index < -0.39 is 17.9 Å². The van der Waals surface area contributed by atoms with Crippen molar-refractivity contribution < 1.29 is 19.8 Å². The summed E-state index contributed by atoms with van der Waals surface area (Å²) >= 11 is 0. The second kappa shape index (κ2) is 4.30. The molecule has 0 heterocycles. The number of carbonyl (C=O) groups is 2. The molecule has 0 aromatic heterocycles. The zero-order chi connectivity index (χ0) is 8.85. The predicted molar refractivity (Wildman–Crippen MR) is 37.1 cm³/mol. The minimum atomic E-state index is -1.49. The summed E-state index contributed by atoms with van der Waals surface area (Å²) in [6.07, 6.45) is 2.43. The van der Waals surface area contributed by atoms with Crippen LogP contribution in [0.15, 0.2) is 17.9 Å². The van der Waals surface area contributed by atoms with E-state index in [9.17, 15) is 9.59 Å². The van der Waals surface area contributed by atoms with E-state index >= 15 is 0 Å². The number of carboxylic acids is 2. The van der Waals surface area contributed by atoms with Crippen molar-refractivity contribution in [2.24, 2.45) is 5.92 Å². The summed E-state index contributed by atoms with van der Waals surface area (Å²) in [4.78, 5) is 20.4. The molecule has 0 atom stereocenters. The van der Waals surface area contributed by atoms with Gasteiger partial charge in [-0.2, -0.15) is 0 Å². The Balaban J connectivity index is 4.49. The van der Waals surface area contributed by atoms with Gasteiger partial charge >= 0.3 is 11.9 Å². The SMILES string of the molecule is CC=C=CC(C(=O)O)C(=O)O. The van der Waals surface area contributed by atoms with Gasteiger partial charge in [-0.1, -0.05) is 0 Å². The summed E-state index contributed by atoms with van der Waals surface area (Å²) in [5.74, 6) is -4.26. The molecule has 4 nitrogen and oxygen atoms in total. The minimum absolute atomic E-state index is 0.991. The maximum Gasteiger partial charge on any atom is 0.322 e. The first-order valence-corrected chi connectivity index (χ1v) is 2.92. The fourth-order valence-electron chi connectivity index (χ4n) is 0.441. The van der Waals surface area contributed by atoms with Gasteiger partial charge in [-0.05, 0) is 19.1 Å². The van der Waals surface area contributed by atoms with Crippen molar-refractivity contribution in [1.29, 1.82) is 0 Å². The number of rotatable bonds is 3. The molecule has 0 aromatic carbocycles. The Morgan fingerprint density at radius 2 is 1.82 bits per heavy atom. The first-order chi connectivity index (χ1) is 5.09. The zero-order valence-corrected chi connectivity index (χ0v) is 5.94. The number of aliphatic carboxylic acids is 2.